The number of carbonyl (C=O) groups excluding carboxylic acids is 3. The van der Waals surface area contributed by atoms with Crippen LogP contribution in [0.25, 0.3) is 6.08 Å². The Bertz CT molecular complexity index is 1200. The van der Waals surface area contributed by atoms with Gasteiger partial charge in [0.2, 0.25) is 11.8 Å². The molecule has 1 fully saturated rings. The van der Waals surface area contributed by atoms with E-state index in [-0.39, 0.29) is 24.6 Å². The summed E-state index contributed by atoms with van der Waals surface area (Å²) in [6.07, 6.45) is -1.52. The van der Waals surface area contributed by atoms with Crippen molar-refractivity contribution in [2.24, 2.45) is 0 Å². The number of piperidine rings is 1. The first kappa shape index (κ1) is 24.5. The highest BCUT2D eigenvalue weighted by atomic mass is 19.4. The monoisotopic (exact) mass is 486 g/mol. The number of amides is 2. The summed E-state index contributed by atoms with van der Waals surface area (Å²) in [4.78, 5) is 41.5. The molecule has 0 N–H and O–H groups in total. The molecule has 4 rings (SSSR count). The number of hydrogen-bond acceptors (Lipinski definition) is 4. The zero-order valence-electron chi connectivity index (χ0n) is 19.4. The zero-order valence-corrected chi connectivity index (χ0v) is 19.4. The minimum absolute atomic E-state index is 0.0706. The number of likely N-dealkylation sites (N-methyl/N-ethyl adjacent to an activating group) is 1. The summed E-state index contributed by atoms with van der Waals surface area (Å²) in [5.74, 6) is -0.987. The molecule has 2 heterocycles. The number of likely N-dealkylation sites (tertiary alicyclic amines) is 1. The predicted molar refractivity (Wildman–Crippen MR) is 124 cm³/mol. The molecule has 1 saturated heterocycles. The maximum atomic E-state index is 13.4. The van der Waals surface area contributed by atoms with Crippen molar-refractivity contribution in [3.8, 4) is 0 Å². The highest BCUT2D eigenvalue weighted by Gasteiger charge is 2.52. The van der Waals surface area contributed by atoms with Crippen LogP contribution in [0.3, 0.4) is 0 Å². The maximum Gasteiger partial charge on any atom is 0.416 e. The maximum absolute atomic E-state index is 13.4. The second-order valence-corrected chi connectivity index (χ2v) is 8.60. The van der Waals surface area contributed by atoms with Crippen molar-refractivity contribution < 1.29 is 32.3 Å². The molecule has 1 spiro atoms. The summed E-state index contributed by atoms with van der Waals surface area (Å²) in [5, 5.41) is 0. The molecule has 6 nitrogen and oxygen atoms in total. The van der Waals surface area contributed by atoms with Gasteiger partial charge >= 0.3 is 12.1 Å². The van der Waals surface area contributed by atoms with Crippen LogP contribution in [0, 0.1) is 0 Å². The Kier molecular flexibility index (Phi) is 6.44. The van der Waals surface area contributed by atoms with Crippen LogP contribution < -0.4 is 4.90 Å². The minimum atomic E-state index is -4.52. The smallest absolute Gasteiger partial charge is 0.416 e. The molecule has 9 heteroatoms. The number of hydrogen-bond donors (Lipinski definition) is 0. The largest absolute Gasteiger partial charge is 0.465 e. The standard InChI is InChI=1S/C26H25F3N2O4/c1-3-31-21-10-8-18(23(33)35-2)16-20(21)25(24(31)34)12-14-30(15-13-25)22(32)11-9-17-6-4-5-7-19(17)26(27,28)29/h4-11,16H,3,12-15H2,1-2H3/b11-9+. The number of methoxy groups -OCH3 is 1. The number of esters is 1. The van der Waals surface area contributed by atoms with E-state index in [1.54, 1.807) is 23.1 Å². The first-order valence-electron chi connectivity index (χ1n) is 11.3. The number of alkyl halides is 3. The fourth-order valence-corrected chi connectivity index (χ4v) is 4.96. The average molecular weight is 486 g/mol. The number of fused-ring (bicyclic) bond motifs is 2. The van der Waals surface area contributed by atoms with Gasteiger partial charge in [0.05, 0.1) is 23.7 Å². The van der Waals surface area contributed by atoms with Gasteiger partial charge < -0.3 is 14.5 Å². The number of ether oxygens (including phenoxy) is 1. The molecule has 184 valence electrons. The first-order valence-corrected chi connectivity index (χ1v) is 11.3. The van der Waals surface area contributed by atoms with Gasteiger partial charge in [0.1, 0.15) is 0 Å². The lowest BCUT2D eigenvalue weighted by Gasteiger charge is -2.38. The van der Waals surface area contributed by atoms with Crippen molar-refractivity contribution in [1.29, 1.82) is 0 Å². The fraction of sp³-hybridized carbons (Fsp3) is 0.346. The topological polar surface area (TPSA) is 66.9 Å². The molecule has 0 radical (unpaired) electrons. The molecule has 2 amide bonds. The fourth-order valence-electron chi connectivity index (χ4n) is 4.96. The van der Waals surface area contributed by atoms with Gasteiger partial charge in [-0.25, -0.2) is 4.79 Å². The highest BCUT2D eigenvalue weighted by molar-refractivity contribution is 6.09. The number of benzene rings is 2. The third kappa shape index (κ3) is 4.31. The molecule has 0 atom stereocenters. The van der Waals surface area contributed by atoms with Crippen LogP contribution in [-0.2, 0) is 25.9 Å². The van der Waals surface area contributed by atoms with E-state index >= 15 is 0 Å². The van der Waals surface area contributed by atoms with Gasteiger partial charge in [0.15, 0.2) is 0 Å². The van der Waals surface area contributed by atoms with E-state index in [4.69, 9.17) is 4.74 Å². The molecular formula is C26H25F3N2O4. The third-order valence-electron chi connectivity index (χ3n) is 6.80. The van der Waals surface area contributed by atoms with Crippen molar-refractivity contribution in [2.45, 2.75) is 31.4 Å². The van der Waals surface area contributed by atoms with Crippen molar-refractivity contribution >= 4 is 29.5 Å². The second-order valence-electron chi connectivity index (χ2n) is 8.60. The molecule has 0 unspecified atom stereocenters. The Morgan fingerprint density at radius 2 is 1.80 bits per heavy atom. The van der Waals surface area contributed by atoms with Gasteiger partial charge in [-0.3, -0.25) is 9.59 Å². The third-order valence-corrected chi connectivity index (χ3v) is 6.80. The molecule has 0 aromatic heterocycles. The molecular weight excluding hydrogens is 461 g/mol. The van der Waals surface area contributed by atoms with Crippen LogP contribution in [0.5, 0.6) is 0 Å². The van der Waals surface area contributed by atoms with Crippen molar-refractivity contribution in [1.82, 2.24) is 4.90 Å². The van der Waals surface area contributed by atoms with E-state index < -0.39 is 29.0 Å². The lowest BCUT2D eigenvalue weighted by Crippen LogP contribution is -2.49. The van der Waals surface area contributed by atoms with Gasteiger partial charge in [-0.2, -0.15) is 13.2 Å². The van der Waals surface area contributed by atoms with Gasteiger partial charge in [-0.15, -0.1) is 0 Å². The normalized spacial score (nSPS) is 17.2. The summed E-state index contributed by atoms with van der Waals surface area (Å²) in [5.41, 5.74) is 0.0777. The average Bonchev–Trinajstić information content (AvgIpc) is 3.08. The quantitative estimate of drug-likeness (QED) is 0.474. The van der Waals surface area contributed by atoms with Gasteiger partial charge in [0, 0.05) is 31.4 Å². The van der Waals surface area contributed by atoms with Gasteiger partial charge in [-0.1, -0.05) is 18.2 Å². The first-order chi connectivity index (χ1) is 16.6. The summed E-state index contributed by atoms with van der Waals surface area (Å²) >= 11 is 0. The predicted octanol–water partition coefficient (Wildman–Crippen LogP) is 4.43. The number of nitrogens with zero attached hydrogens (tertiary/aromatic N) is 2. The summed E-state index contributed by atoms with van der Waals surface area (Å²) in [6.45, 7) is 2.86. The molecule has 2 aromatic carbocycles. The second kappa shape index (κ2) is 9.20. The molecule has 0 saturated carbocycles. The van der Waals surface area contributed by atoms with Gasteiger partial charge in [0.25, 0.3) is 0 Å². The Hall–Kier alpha value is -3.62. The Morgan fingerprint density at radius 3 is 2.43 bits per heavy atom. The van der Waals surface area contributed by atoms with Crippen LogP contribution in [0.2, 0.25) is 0 Å². The van der Waals surface area contributed by atoms with Crippen molar-refractivity contribution in [2.75, 3.05) is 31.6 Å². The number of anilines is 1. The Morgan fingerprint density at radius 1 is 1.11 bits per heavy atom. The zero-order chi connectivity index (χ0) is 25.4. The minimum Gasteiger partial charge on any atom is -0.465 e. The van der Waals surface area contributed by atoms with Crippen LogP contribution in [0.15, 0.2) is 48.5 Å². The van der Waals surface area contributed by atoms with E-state index in [2.05, 4.69) is 0 Å². The Balaban J connectivity index is 1.55. The van der Waals surface area contributed by atoms with Crippen LogP contribution in [0.1, 0.15) is 46.8 Å². The molecule has 0 aliphatic carbocycles. The van der Waals surface area contributed by atoms with E-state index in [0.29, 0.717) is 24.9 Å². The molecule has 35 heavy (non-hydrogen) atoms. The summed E-state index contributed by atoms with van der Waals surface area (Å²) < 4.78 is 44.5. The molecule has 2 aromatic rings. The number of rotatable bonds is 4. The summed E-state index contributed by atoms with van der Waals surface area (Å²) in [6, 6.07) is 10.1. The SMILES string of the molecule is CCN1C(=O)C2(CCN(C(=O)/C=C/c3ccccc3C(F)(F)F)CC2)c2cc(C(=O)OC)ccc21. The van der Waals surface area contributed by atoms with E-state index in [1.807, 2.05) is 6.92 Å². The molecule has 0 bridgehead atoms. The molecule has 2 aliphatic heterocycles. The lowest BCUT2D eigenvalue weighted by atomic mass is 9.73. The number of halogens is 3. The number of carbonyl (C=O) groups is 3. The van der Waals surface area contributed by atoms with E-state index in [0.717, 1.165) is 23.4 Å². The van der Waals surface area contributed by atoms with Crippen molar-refractivity contribution in [3.05, 3.63) is 70.8 Å². The highest BCUT2D eigenvalue weighted by Crippen LogP contribution is 2.48. The lowest BCUT2D eigenvalue weighted by molar-refractivity contribution is -0.137. The Labute approximate surface area is 201 Å². The van der Waals surface area contributed by atoms with E-state index in [9.17, 15) is 27.6 Å². The van der Waals surface area contributed by atoms with Crippen LogP contribution >= 0.6 is 0 Å². The van der Waals surface area contributed by atoms with E-state index in [1.165, 1.54) is 36.3 Å². The summed E-state index contributed by atoms with van der Waals surface area (Å²) in [7, 11) is 1.29. The van der Waals surface area contributed by atoms with Crippen LogP contribution in [0.4, 0.5) is 18.9 Å². The van der Waals surface area contributed by atoms with Crippen molar-refractivity contribution in [3.63, 3.8) is 0 Å². The molecule has 2 aliphatic rings. The van der Waals surface area contributed by atoms with Gasteiger partial charge in [-0.05, 0) is 61.2 Å². The van der Waals surface area contributed by atoms with Crippen LogP contribution in [-0.4, -0.2) is 49.4 Å².